The van der Waals surface area contributed by atoms with Crippen molar-refractivity contribution in [3.05, 3.63) is 65.5 Å². The molecule has 0 unspecified atom stereocenters. The highest BCUT2D eigenvalue weighted by atomic mass is 19.1. The second-order valence-corrected chi connectivity index (χ2v) is 5.10. The molecule has 0 aliphatic carbocycles. The number of rotatable bonds is 5. The lowest BCUT2D eigenvalue weighted by atomic mass is 10.2. The van der Waals surface area contributed by atoms with Crippen LogP contribution in [0, 0.1) is 17.1 Å². The molecular weight excluding hydrogens is 309 g/mol. The number of amides is 2. The molecule has 0 aromatic heterocycles. The third-order valence-corrected chi connectivity index (χ3v) is 3.37. The Hall–Kier alpha value is -3.20. The van der Waals surface area contributed by atoms with Crippen LogP contribution in [0.2, 0.25) is 0 Å². The molecule has 2 amide bonds. The van der Waals surface area contributed by atoms with Gasteiger partial charge in [0, 0.05) is 31.3 Å². The molecule has 122 valence electrons. The molecule has 0 spiro atoms. The van der Waals surface area contributed by atoms with Crippen LogP contribution in [0.1, 0.15) is 22.8 Å². The monoisotopic (exact) mass is 325 g/mol. The van der Waals surface area contributed by atoms with Crippen molar-refractivity contribution in [2.75, 3.05) is 18.0 Å². The molecule has 0 aliphatic rings. The number of nitrogens with one attached hydrogen (secondary N) is 1. The summed E-state index contributed by atoms with van der Waals surface area (Å²) in [5, 5.41) is 11.6. The molecule has 5 nitrogen and oxygen atoms in total. The van der Waals surface area contributed by atoms with E-state index in [1.54, 1.807) is 24.3 Å². The average molecular weight is 325 g/mol. The largest absolute Gasteiger partial charge is 0.350 e. The summed E-state index contributed by atoms with van der Waals surface area (Å²) in [6, 6.07) is 14.1. The predicted octanol–water partition coefficient (Wildman–Crippen LogP) is 2.48. The van der Waals surface area contributed by atoms with Crippen molar-refractivity contribution in [2.45, 2.75) is 6.92 Å². The van der Waals surface area contributed by atoms with Gasteiger partial charge in [-0.2, -0.15) is 5.26 Å². The third-order valence-electron chi connectivity index (χ3n) is 3.37. The zero-order chi connectivity index (χ0) is 17.5. The summed E-state index contributed by atoms with van der Waals surface area (Å²) < 4.78 is 13.1. The number of hydrogen-bond acceptors (Lipinski definition) is 3. The van der Waals surface area contributed by atoms with E-state index in [2.05, 4.69) is 5.32 Å². The number of hydrogen-bond donors (Lipinski definition) is 1. The van der Waals surface area contributed by atoms with Crippen LogP contribution < -0.4 is 10.2 Å². The normalized spacial score (nSPS) is 9.88. The van der Waals surface area contributed by atoms with Gasteiger partial charge in [0.25, 0.3) is 5.91 Å². The first kappa shape index (κ1) is 17.2. The van der Waals surface area contributed by atoms with E-state index in [-0.39, 0.29) is 24.6 Å². The Bertz CT molecular complexity index is 799. The van der Waals surface area contributed by atoms with Gasteiger partial charge < -0.3 is 10.2 Å². The Kier molecular flexibility index (Phi) is 5.63. The van der Waals surface area contributed by atoms with E-state index < -0.39 is 11.7 Å². The number of anilines is 1. The first-order valence-electron chi connectivity index (χ1n) is 7.33. The van der Waals surface area contributed by atoms with Crippen LogP contribution >= 0.6 is 0 Å². The van der Waals surface area contributed by atoms with Gasteiger partial charge in [0.15, 0.2) is 0 Å². The van der Waals surface area contributed by atoms with Gasteiger partial charge in [-0.15, -0.1) is 0 Å². The number of halogens is 1. The Balaban J connectivity index is 2.01. The van der Waals surface area contributed by atoms with E-state index in [1.807, 2.05) is 6.07 Å². The van der Waals surface area contributed by atoms with Gasteiger partial charge in [0.2, 0.25) is 5.91 Å². The number of carbonyl (C=O) groups excluding carboxylic acids is 2. The second-order valence-electron chi connectivity index (χ2n) is 5.10. The first-order valence-corrected chi connectivity index (χ1v) is 7.33. The van der Waals surface area contributed by atoms with Crippen molar-refractivity contribution in [3.8, 4) is 6.07 Å². The average Bonchev–Trinajstić information content (AvgIpc) is 2.58. The van der Waals surface area contributed by atoms with Gasteiger partial charge in [-0.05, 0) is 36.4 Å². The van der Waals surface area contributed by atoms with Crippen molar-refractivity contribution in [1.82, 2.24) is 5.32 Å². The highest BCUT2D eigenvalue weighted by Gasteiger charge is 2.13. The summed E-state index contributed by atoms with van der Waals surface area (Å²) in [6.07, 6.45) is 0. The smallest absolute Gasteiger partial charge is 0.251 e. The zero-order valence-electron chi connectivity index (χ0n) is 13.1. The van der Waals surface area contributed by atoms with Crippen LogP contribution in [-0.4, -0.2) is 24.9 Å². The SMILES string of the molecule is CC(=O)N(CCNC(=O)c1cccc(F)c1)c1cccc(C#N)c1. The molecule has 0 saturated heterocycles. The summed E-state index contributed by atoms with van der Waals surface area (Å²) in [4.78, 5) is 25.2. The molecule has 0 fully saturated rings. The van der Waals surface area contributed by atoms with Crippen LogP contribution in [0.4, 0.5) is 10.1 Å². The zero-order valence-corrected chi connectivity index (χ0v) is 13.1. The molecule has 2 rings (SSSR count). The highest BCUT2D eigenvalue weighted by Crippen LogP contribution is 2.15. The number of nitrogens with zero attached hydrogens (tertiary/aromatic N) is 2. The Morgan fingerprint density at radius 1 is 1.21 bits per heavy atom. The molecule has 6 heteroatoms. The van der Waals surface area contributed by atoms with Crippen LogP contribution in [0.25, 0.3) is 0 Å². The molecule has 0 aliphatic heterocycles. The van der Waals surface area contributed by atoms with Crippen LogP contribution in [0.15, 0.2) is 48.5 Å². The fourth-order valence-corrected chi connectivity index (χ4v) is 2.22. The molecule has 0 bridgehead atoms. The summed E-state index contributed by atoms with van der Waals surface area (Å²) in [5.41, 5.74) is 1.25. The van der Waals surface area contributed by atoms with Crippen molar-refractivity contribution < 1.29 is 14.0 Å². The maximum atomic E-state index is 13.1. The first-order chi connectivity index (χ1) is 11.5. The van der Waals surface area contributed by atoms with Crippen molar-refractivity contribution >= 4 is 17.5 Å². The summed E-state index contributed by atoms with van der Waals surface area (Å²) >= 11 is 0. The topological polar surface area (TPSA) is 73.2 Å². The number of nitriles is 1. The molecule has 0 atom stereocenters. The van der Waals surface area contributed by atoms with Crippen LogP contribution in [0.3, 0.4) is 0 Å². The van der Waals surface area contributed by atoms with Crippen molar-refractivity contribution in [1.29, 1.82) is 5.26 Å². The fourth-order valence-electron chi connectivity index (χ4n) is 2.22. The Morgan fingerprint density at radius 2 is 1.96 bits per heavy atom. The van der Waals surface area contributed by atoms with Gasteiger partial charge >= 0.3 is 0 Å². The number of carbonyl (C=O) groups is 2. The molecular formula is C18H16FN3O2. The van der Waals surface area contributed by atoms with Gasteiger partial charge in [-0.25, -0.2) is 4.39 Å². The lowest BCUT2D eigenvalue weighted by Crippen LogP contribution is -2.37. The minimum absolute atomic E-state index is 0.200. The number of benzene rings is 2. The third kappa shape index (κ3) is 4.40. The van der Waals surface area contributed by atoms with Gasteiger partial charge in [-0.3, -0.25) is 9.59 Å². The summed E-state index contributed by atoms with van der Waals surface area (Å²) in [6.45, 7) is 1.85. The molecule has 0 saturated carbocycles. The van der Waals surface area contributed by atoms with Crippen molar-refractivity contribution in [3.63, 3.8) is 0 Å². The molecule has 24 heavy (non-hydrogen) atoms. The Morgan fingerprint density at radius 3 is 2.62 bits per heavy atom. The lowest BCUT2D eigenvalue weighted by molar-refractivity contribution is -0.116. The van der Waals surface area contributed by atoms with Gasteiger partial charge in [0.1, 0.15) is 5.82 Å². The second kappa shape index (κ2) is 7.88. The predicted molar refractivity (Wildman–Crippen MR) is 87.9 cm³/mol. The van der Waals surface area contributed by atoms with Gasteiger partial charge in [-0.1, -0.05) is 12.1 Å². The van der Waals surface area contributed by atoms with Crippen LogP contribution in [-0.2, 0) is 4.79 Å². The van der Waals surface area contributed by atoms with E-state index >= 15 is 0 Å². The maximum absolute atomic E-state index is 13.1. The van der Waals surface area contributed by atoms with Gasteiger partial charge in [0.05, 0.1) is 11.6 Å². The Labute approximate surface area is 139 Å². The highest BCUT2D eigenvalue weighted by molar-refractivity contribution is 5.94. The standard InChI is InChI=1S/C18H16FN3O2/c1-13(23)22(17-7-2-4-14(10-17)12-20)9-8-21-18(24)15-5-3-6-16(19)11-15/h2-7,10-11H,8-9H2,1H3,(H,21,24). The minimum Gasteiger partial charge on any atom is -0.350 e. The van der Waals surface area contributed by atoms with E-state index in [0.29, 0.717) is 11.3 Å². The molecule has 2 aromatic carbocycles. The van der Waals surface area contributed by atoms with E-state index in [9.17, 15) is 14.0 Å². The fraction of sp³-hybridized carbons (Fsp3) is 0.167. The molecule has 1 N–H and O–H groups in total. The van der Waals surface area contributed by atoms with Crippen molar-refractivity contribution in [2.24, 2.45) is 0 Å². The van der Waals surface area contributed by atoms with E-state index in [0.717, 1.165) is 6.07 Å². The molecule has 0 radical (unpaired) electrons. The lowest BCUT2D eigenvalue weighted by Gasteiger charge is -2.21. The van der Waals surface area contributed by atoms with E-state index in [4.69, 9.17) is 5.26 Å². The summed E-state index contributed by atoms with van der Waals surface area (Å²) in [7, 11) is 0. The molecule has 0 heterocycles. The minimum atomic E-state index is -0.485. The summed E-state index contributed by atoms with van der Waals surface area (Å²) in [5.74, 6) is -1.10. The maximum Gasteiger partial charge on any atom is 0.251 e. The van der Waals surface area contributed by atoms with Crippen LogP contribution in [0.5, 0.6) is 0 Å². The molecule has 2 aromatic rings. The van der Waals surface area contributed by atoms with E-state index in [1.165, 1.54) is 30.0 Å². The quantitative estimate of drug-likeness (QED) is 0.918.